The van der Waals surface area contributed by atoms with Crippen LogP contribution in [0, 0.1) is 5.92 Å². The number of nitrogens with zero attached hydrogens (tertiary/aromatic N) is 2. The molecule has 1 rings (SSSR count). The van der Waals surface area contributed by atoms with E-state index in [1.165, 1.54) is 25.7 Å². The van der Waals surface area contributed by atoms with Crippen LogP contribution in [0.5, 0.6) is 5.88 Å². The molecule has 0 aliphatic carbocycles. The fraction of sp³-hybridized carbons (Fsp3) is 0.714. The first kappa shape index (κ1) is 15.4. The van der Waals surface area contributed by atoms with Crippen molar-refractivity contribution in [3.63, 3.8) is 0 Å². The van der Waals surface area contributed by atoms with Crippen molar-refractivity contribution in [1.29, 1.82) is 0 Å². The molecule has 2 unspecified atom stereocenters. The highest BCUT2D eigenvalue weighted by Crippen LogP contribution is 2.25. The molecule has 4 heteroatoms. The van der Waals surface area contributed by atoms with Gasteiger partial charge in [-0.2, -0.15) is 0 Å². The van der Waals surface area contributed by atoms with Gasteiger partial charge < -0.3 is 4.74 Å². The Morgan fingerprint density at radius 3 is 2.72 bits per heavy atom. The molecule has 0 N–H and O–H groups in total. The van der Waals surface area contributed by atoms with Gasteiger partial charge in [0.25, 0.3) is 0 Å². The van der Waals surface area contributed by atoms with Crippen LogP contribution in [0.15, 0.2) is 12.4 Å². The van der Waals surface area contributed by atoms with Crippen molar-refractivity contribution in [2.75, 3.05) is 7.11 Å². The van der Waals surface area contributed by atoms with E-state index in [-0.39, 0.29) is 0 Å². The lowest BCUT2D eigenvalue weighted by molar-refractivity contribution is 0.394. The minimum atomic E-state index is 0.480. The van der Waals surface area contributed by atoms with Crippen molar-refractivity contribution in [3.8, 4) is 5.88 Å². The van der Waals surface area contributed by atoms with E-state index in [1.54, 1.807) is 13.4 Å². The Morgan fingerprint density at radius 1 is 1.33 bits per heavy atom. The van der Waals surface area contributed by atoms with Crippen LogP contribution < -0.4 is 4.74 Å². The summed E-state index contributed by atoms with van der Waals surface area (Å²) in [7, 11) is 1.63. The molecule has 1 aromatic heterocycles. The molecule has 0 saturated carbocycles. The smallest absolute Gasteiger partial charge is 0.216 e. The first-order chi connectivity index (χ1) is 8.71. The Hall–Kier alpha value is -0.640. The minimum absolute atomic E-state index is 0.480. The van der Waals surface area contributed by atoms with E-state index in [0.717, 1.165) is 12.1 Å². The molecule has 0 aliphatic heterocycles. The lowest BCUT2D eigenvalue weighted by Gasteiger charge is -2.20. The van der Waals surface area contributed by atoms with Crippen LogP contribution in [-0.4, -0.2) is 21.9 Å². The summed E-state index contributed by atoms with van der Waals surface area (Å²) in [5.41, 5.74) is 1.04. The first-order valence-electron chi connectivity index (χ1n) is 6.70. The zero-order valence-corrected chi connectivity index (χ0v) is 13.1. The van der Waals surface area contributed by atoms with Crippen molar-refractivity contribution in [2.24, 2.45) is 5.92 Å². The van der Waals surface area contributed by atoms with Crippen LogP contribution in [-0.2, 0) is 6.42 Å². The fourth-order valence-corrected chi connectivity index (χ4v) is 3.04. The van der Waals surface area contributed by atoms with Gasteiger partial charge in [0.05, 0.1) is 7.11 Å². The summed E-state index contributed by atoms with van der Waals surface area (Å²) in [6.45, 7) is 4.50. The van der Waals surface area contributed by atoms with Gasteiger partial charge in [-0.15, -0.1) is 0 Å². The molecule has 0 saturated heterocycles. The van der Waals surface area contributed by atoms with E-state index in [4.69, 9.17) is 4.74 Å². The third kappa shape index (κ3) is 4.92. The van der Waals surface area contributed by atoms with Gasteiger partial charge in [0.2, 0.25) is 5.88 Å². The molecule has 102 valence electrons. The van der Waals surface area contributed by atoms with Crippen molar-refractivity contribution in [3.05, 3.63) is 18.1 Å². The summed E-state index contributed by atoms with van der Waals surface area (Å²) in [5.74, 6) is 1.35. The second-order valence-electron chi connectivity index (χ2n) is 4.58. The predicted octanol–water partition coefficient (Wildman–Crippen LogP) is 4.01. The quantitative estimate of drug-likeness (QED) is 0.680. The van der Waals surface area contributed by atoms with Crippen LogP contribution in [0.2, 0.25) is 0 Å². The topological polar surface area (TPSA) is 35.0 Å². The highest BCUT2D eigenvalue weighted by molar-refractivity contribution is 9.09. The average Bonchev–Trinajstić information content (AvgIpc) is 2.40. The Bertz CT molecular complexity index is 346. The maximum atomic E-state index is 5.12. The van der Waals surface area contributed by atoms with Gasteiger partial charge in [-0.1, -0.05) is 49.0 Å². The van der Waals surface area contributed by atoms with E-state index in [0.29, 0.717) is 16.6 Å². The highest BCUT2D eigenvalue weighted by Gasteiger charge is 2.18. The summed E-state index contributed by atoms with van der Waals surface area (Å²) in [6, 6.07) is 1.92. The maximum Gasteiger partial charge on any atom is 0.216 e. The summed E-state index contributed by atoms with van der Waals surface area (Å²) < 4.78 is 5.12. The number of hydrogen-bond acceptors (Lipinski definition) is 3. The van der Waals surface area contributed by atoms with Gasteiger partial charge in [0.15, 0.2) is 0 Å². The SMILES string of the molecule is CCCCC(CC)C(Br)Cc1cc(OC)ncn1. The van der Waals surface area contributed by atoms with Crippen LogP contribution in [0.4, 0.5) is 0 Å². The van der Waals surface area contributed by atoms with E-state index in [1.807, 2.05) is 6.07 Å². The Balaban J connectivity index is 2.58. The van der Waals surface area contributed by atoms with Gasteiger partial charge in [-0.05, 0) is 12.3 Å². The number of aromatic nitrogens is 2. The molecule has 0 radical (unpaired) electrons. The molecule has 1 aromatic rings. The van der Waals surface area contributed by atoms with E-state index in [2.05, 4.69) is 39.7 Å². The van der Waals surface area contributed by atoms with Gasteiger partial charge in [-0.3, -0.25) is 0 Å². The van der Waals surface area contributed by atoms with Crippen molar-refractivity contribution < 1.29 is 4.74 Å². The molecule has 0 aliphatic rings. The van der Waals surface area contributed by atoms with Crippen LogP contribution in [0.1, 0.15) is 45.2 Å². The van der Waals surface area contributed by atoms with Gasteiger partial charge in [0, 0.05) is 23.0 Å². The van der Waals surface area contributed by atoms with Crippen molar-refractivity contribution >= 4 is 15.9 Å². The summed E-state index contributed by atoms with van der Waals surface area (Å²) in [6.07, 6.45) is 7.55. The second kappa shape index (κ2) is 8.46. The number of methoxy groups -OCH3 is 1. The lowest BCUT2D eigenvalue weighted by Crippen LogP contribution is -2.17. The first-order valence-corrected chi connectivity index (χ1v) is 7.61. The summed E-state index contributed by atoms with van der Waals surface area (Å²) >= 11 is 3.82. The maximum absolute atomic E-state index is 5.12. The molecule has 0 amide bonds. The fourth-order valence-electron chi connectivity index (χ4n) is 2.07. The number of rotatable bonds is 8. The van der Waals surface area contributed by atoms with E-state index < -0.39 is 0 Å². The Kier molecular flexibility index (Phi) is 7.25. The zero-order valence-electron chi connectivity index (χ0n) is 11.5. The minimum Gasteiger partial charge on any atom is -0.481 e. The molecule has 2 atom stereocenters. The Morgan fingerprint density at radius 2 is 2.11 bits per heavy atom. The number of hydrogen-bond donors (Lipinski definition) is 0. The van der Waals surface area contributed by atoms with E-state index in [9.17, 15) is 0 Å². The molecule has 0 aromatic carbocycles. The Labute approximate surface area is 119 Å². The van der Waals surface area contributed by atoms with E-state index >= 15 is 0 Å². The normalized spacial score (nSPS) is 14.2. The molecule has 0 spiro atoms. The van der Waals surface area contributed by atoms with Gasteiger partial charge >= 0.3 is 0 Å². The molecule has 1 heterocycles. The van der Waals surface area contributed by atoms with Gasteiger partial charge in [0.1, 0.15) is 6.33 Å². The van der Waals surface area contributed by atoms with Crippen molar-refractivity contribution in [1.82, 2.24) is 9.97 Å². The number of unbranched alkanes of at least 4 members (excludes halogenated alkanes) is 1. The second-order valence-corrected chi connectivity index (χ2v) is 5.76. The van der Waals surface area contributed by atoms with Gasteiger partial charge in [-0.25, -0.2) is 9.97 Å². The predicted molar refractivity (Wildman–Crippen MR) is 78.3 cm³/mol. The number of alkyl halides is 1. The monoisotopic (exact) mass is 314 g/mol. The van der Waals surface area contributed by atoms with Crippen LogP contribution in [0.3, 0.4) is 0 Å². The largest absolute Gasteiger partial charge is 0.481 e. The summed E-state index contributed by atoms with van der Waals surface area (Å²) in [4.78, 5) is 8.81. The molecular weight excluding hydrogens is 292 g/mol. The van der Waals surface area contributed by atoms with Crippen LogP contribution >= 0.6 is 15.9 Å². The molecule has 18 heavy (non-hydrogen) atoms. The molecule has 0 bridgehead atoms. The molecular formula is C14H23BrN2O. The third-order valence-electron chi connectivity index (χ3n) is 3.28. The highest BCUT2D eigenvalue weighted by atomic mass is 79.9. The van der Waals surface area contributed by atoms with Crippen LogP contribution in [0.25, 0.3) is 0 Å². The number of ether oxygens (including phenoxy) is 1. The third-order valence-corrected chi connectivity index (χ3v) is 4.35. The zero-order chi connectivity index (χ0) is 13.4. The average molecular weight is 315 g/mol. The summed E-state index contributed by atoms with van der Waals surface area (Å²) in [5, 5.41) is 0. The standard InChI is InChI=1S/C14H23BrN2O/c1-4-6-7-11(5-2)13(15)8-12-9-14(18-3)17-10-16-12/h9-11,13H,4-8H2,1-3H3. The molecule has 0 fully saturated rings. The van der Waals surface area contributed by atoms with Crippen molar-refractivity contribution in [2.45, 2.75) is 50.8 Å². The lowest BCUT2D eigenvalue weighted by atomic mass is 9.93. The molecule has 3 nitrogen and oxygen atoms in total. The number of halogens is 1.